The van der Waals surface area contributed by atoms with Gasteiger partial charge in [0.2, 0.25) is 0 Å². The van der Waals surface area contributed by atoms with Gasteiger partial charge in [-0.25, -0.2) is 0 Å². The Morgan fingerprint density at radius 1 is 1.19 bits per heavy atom. The molecule has 0 spiro atoms. The summed E-state index contributed by atoms with van der Waals surface area (Å²) in [6.07, 6.45) is 0. The molecule has 0 radical (unpaired) electrons. The zero-order valence-corrected chi connectivity index (χ0v) is 10.4. The topological polar surface area (TPSA) is 67.9 Å². The molecule has 0 aliphatic carbocycles. The van der Waals surface area contributed by atoms with Crippen LogP contribution >= 0.6 is 34.8 Å². The summed E-state index contributed by atoms with van der Waals surface area (Å²) in [7, 11) is -4.14. The van der Waals surface area contributed by atoms with E-state index in [9.17, 15) is 8.42 Å². The highest BCUT2D eigenvalue weighted by atomic mass is 35.5. The van der Waals surface area contributed by atoms with Gasteiger partial charge in [0.15, 0.2) is 0 Å². The second-order valence-electron chi connectivity index (χ2n) is 2.64. The fourth-order valence-corrected chi connectivity index (χ4v) is 2.14. The van der Waals surface area contributed by atoms with Gasteiger partial charge in [-0.2, -0.15) is 8.42 Å². The molecule has 88 valence electrons. The molecule has 1 aliphatic rings. The van der Waals surface area contributed by atoms with Crippen molar-refractivity contribution in [2.75, 3.05) is 5.17 Å². The molecular weight excluding hydrogens is 303 g/mol. The standard InChI is InChI=1S/C6H3Cl3N2O4S/c7-3-1-2-4(8)6(5(3)9)11-10-14-16(12,13)15-11/h1-2,10H. The smallest absolute Gasteiger partial charge is 0.165 e. The van der Waals surface area contributed by atoms with Crippen LogP contribution in [0, 0.1) is 0 Å². The van der Waals surface area contributed by atoms with Crippen molar-refractivity contribution in [3.05, 3.63) is 27.2 Å². The Kier molecular flexibility index (Phi) is 3.19. The molecular formula is C6H3Cl3N2O4S. The lowest BCUT2D eigenvalue weighted by Crippen LogP contribution is -2.28. The van der Waals surface area contributed by atoms with Crippen molar-refractivity contribution in [3.63, 3.8) is 0 Å². The predicted molar refractivity (Wildman–Crippen MR) is 58.2 cm³/mol. The predicted octanol–water partition coefficient (Wildman–Crippen LogP) is 2.08. The van der Waals surface area contributed by atoms with Crippen LogP contribution in [-0.2, 0) is 19.0 Å². The first-order valence-corrected chi connectivity index (χ1v) is 6.20. The fourth-order valence-electron chi connectivity index (χ4n) is 0.987. The van der Waals surface area contributed by atoms with Gasteiger partial charge >= 0.3 is 10.4 Å². The van der Waals surface area contributed by atoms with Gasteiger partial charge in [0.05, 0.1) is 15.1 Å². The minimum Gasteiger partial charge on any atom is -0.165 e. The van der Waals surface area contributed by atoms with Crippen LogP contribution in [0.4, 0.5) is 5.69 Å². The number of hydrogen-bond acceptors (Lipinski definition) is 6. The van der Waals surface area contributed by atoms with E-state index in [-0.39, 0.29) is 20.8 Å². The van der Waals surface area contributed by atoms with E-state index in [1.54, 1.807) is 0 Å². The van der Waals surface area contributed by atoms with Crippen molar-refractivity contribution in [2.45, 2.75) is 0 Å². The molecule has 1 saturated heterocycles. The third kappa shape index (κ3) is 2.21. The molecule has 2 rings (SSSR count). The second kappa shape index (κ2) is 4.19. The fraction of sp³-hybridized carbons (Fsp3) is 0. The molecule has 6 nitrogen and oxygen atoms in total. The zero-order valence-electron chi connectivity index (χ0n) is 7.28. The zero-order chi connectivity index (χ0) is 11.9. The number of rotatable bonds is 1. The lowest BCUT2D eigenvalue weighted by Gasteiger charge is -2.14. The highest BCUT2D eigenvalue weighted by Crippen LogP contribution is 2.39. The molecule has 0 aromatic heterocycles. The molecule has 1 aliphatic heterocycles. The van der Waals surface area contributed by atoms with Crippen LogP contribution in [0.2, 0.25) is 15.1 Å². The highest BCUT2D eigenvalue weighted by Gasteiger charge is 2.32. The Bertz CT molecular complexity index is 535. The first kappa shape index (κ1) is 12.2. The van der Waals surface area contributed by atoms with Crippen LogP contribution in [0.3, 0.4) is 0 Å². The van der Waals surface area contributed by atoms with Crippen molar-refractivity contribution in [3.8, 4) is 0 Å². The van der Waals surface area contributed by atoms with Gasteiger partial charge < -0.3 is 0 Å². The molecule has 0 amide bonds. The molecule has 1 aromatic carbocycles. The summed E-state index contributed by atoms with van der Waals surface area (Å²) >= 11 is 17.4. The van der Waals surface area contributed by atoms with E-state index < -0.39 is 10.4 Å². The third-order valence-electron chi connectivity index (χ3n) is 1.61. The van der Waals surface area contributed by atoms with Gasteiger partial charge in [0.25, 0.3) is 0 Å². The quantitative estimate of drug-likeness (QED) is 0.801. The molecule has 10 heteroatoms. The summed E-state index contributed by atoms with van der Waals surface area (Å²) in [6.45, 7) is 0. The first-order valence-electron chi connectivity index (χ1n) is 3.73. The average molecular weight is 306 g/mol. The number of hydrogen-bond donors (Lipinski definition) is 1. The molecule has 1 fully saturated rings. The number of hydrazine groups is 1. The summed E-state index contributed by atoms with van der Waals surface area (Å²) in [5.41, 5.74) is 2.01. The summed E-state index contributed by atoms with van der Waals surface area (Å²) in [5, 5.41) is 1.02. The third-order valence-corrected chi connectivity index (χ3v) is 3.32. The molecule has 0 saturated carbocycles. The average Bonchev–Trinajstić information content (AvgIpc) is 2.53. The molecule has 1 aromatic rings. The maximum absolute atomic E-state index is 10.9. The Labute approximate surface area is 106 Å². The lowest BCUT2D eigenvalue weighted by atomic mass is 10.3. The monoisotopic (exact) mass is 304 g/mol. The number of halogens is 3. The molecule has 16 heavy (non-hydrogen) atoms. The summed E-state index contributed by atoms with van der Waals surface area (Å²) in [4.78, 5) is 0. The van der Waals surface area contributed by atoms with Crippen molar-refractivity contribution < 1.29 is 17.0 Å². The lowest BCUT2D eigenvalue weighted by molar-refractivity contribution is 0.198. The highest BCUT2D eigenvalue weighted by molar-refractivity contribution is 7.82. The largest absolute Gasteiger partial charge is 0.440 e. The van der Waals surface area contributed by atoms with Gasteiger partial charge in [-0.1, -0.05) is 40.4 Å². The summed E-state index contributed by atoms with van der Waals surface area (Å²) in [5.74, 6) is 0. The molecule has 0 unspecified atom stereocenters. The molecule has 0 bridgehead atoms. The van der Waals surface area contributed by atoms with E-state index in [0.717, 1.165) is 0 Å². The van der Waals surface area contributed by atoms with Crippen LogP contribution < -0.4 is 10.8 Å². The Balaban J connectivity index is 2.46. The Morgan fingerprint density at radius 2 is 1.81 bits per heavy atom. The van der Waals surface area contributed by atoms with Crippen molar-refractivity contribution in [2.24, 2.45) is 0 Å². The number of nitrogens with zero attached hydrogens (tertiary/aromatic N) is 1. The molecule has 1 N–H and O–H groups in total. The number of benzene rings is 1. The van der Waals surface area contributed by atoms with Crippen LogP contribution in [0.15, 0.2) is 12.1 Å². The second-order valence-corrected chi connectivity index (χ2v) is 4.97. The molecule has 1 heterocycles. The van der Waals surface area contributed by atoms with E-state index >= 15 is 0 Å². The van der Waals surface area contributed by atoms with Gasteiger partial charge in [-0.15, -0.1) is 13.7 Å². The Hall–Kier alpha value is -0.280. The number of nitrogens with one attached hydrogen (secondary N) is 1. The first-order chi connectivity index (χ1) is 7.41. The van der Waals surface area contributed by atoms with Crippen LogP contribution in [0.1, 0.15) is 0 Å². The van der Waals surface area contributed by atoms with Gasteiger partial charge in [-0.05, 0) is 12.1 Å². The van der Waals surface area contributed by atoms with E-state index in [1.807, 2.05) is 5.59 Å². The normalized spacial score (nSPS) is 19.1. The van der Waals surface area contributed by atoms with E-state index in [2.05, 4.69) is 8.57 Å². The maximum Gasteiger partial charge on any atom is 0.440 e. The van der Waals surface area contributed by atoms with E-state index in [1.165, 1.54) is 12.1 Å². The maximum atomic E-state index is 10.9. The van der Waals surface area contributed by atoms with Crippen molar-refractivity contribution in [1.29, 1.82) is 0 Å². The van der Waals surface area contributed by atoms with Crippen LogP contribution in [-0.4, -0.2) is 8.42 Å². The van der Waals surface area contributed by atoms with E-state index in [4.69, 9.17) is 34.8 Å². The minimum atomic E-state index is -4.14. The summed E-state index contributed by atoms with van der Waals surface area (Å²) in [6, 6.07) is 2.89. The van der Waals surface area contributed by atoms with Crippen LogP contribution in [0.25, 0.3) is 0 Å². The van der Waals surface area contributed by atoms with Crippen LogP contribution in [0.5, 0.6) is 0 Å². The Morgan fingerprint density at radius 3 is 2.38 bits per heavy atom. The SMILES string of the molecule is O=S1(=O)ONN(c2c(Cl)ccc(Cl)c2Cl)O1. The van der Waals surface area contributed by atoms with Gasteiger partial charge in [-0.3, -0.25) is 0 Å². The van der Waals surface area contributed by atoms with Gasteiger partial charge in [0.1, 0.15) is 5.69 Å². The van der Waals surface area contributed by atoms with E-state index in [0.29, 0.717) is 5.17 Å². The van der Waals surface area contributed by atoms with Crippen molar-refractivity contribution >= 4 is 50.9 Å². The summed E-state index contributed by atoms with van der Waals surface area (Å²) < 4.78 is 30.2. The van der Waals surface area contributed by atoms with Gasteiger partial charge in [0, 0.05) is 0 Å². The van der Waals surface area contributed by atoms with Crippen molar-refractivity contribution in [1.82, 2.24) is 5.59 Å². The minimum absolute atomic E-state index is 0.0300. The number of anilines is 1. The molecule has 0 atom stereocenters.